The van der Waals surface area contributed by atoms with Crippen molar-refractivity contribution in [2.45, 2.75) is 124 Å². The van der Waals surface area contributed by atoms with Crippen molar-refractivity contribution < 1.29 is 4.74 Å². The average Bonchev–Trinajstić information content (AvgIpc) is 3.81. The number of hydrogen-bond acceptors (Lipinski definition) is 4. The summed E-state index contributed by atoms with van der Waals surface area (Å²) in [5, 5.41) is 2.36. The van der Waals surface area contributed by atoms with E-state index < -0.39 is 0 Å². The van der Waals surface area contributed by atoms with Crippen molar-refractivity contribution in [2.24, 2.45) is 0 Å². The van der Waals surface area contributed by atoms with Gasteiger partial charge in [-0.05, 0) is 104 Å². The summed E-state index contributed by atoms with van der Waals surface area (Å²) in [6.45, 7) is 32.8. The summed E-state index contributed by atoms with van der Waals surface area (Å²) in [6.07, 6.45) is 4.32. The highest BCUT2D eigenvalue weighted by Gasteiger charge is 2.37. The van der Waals surface area contributed by atoms with Crippen LogP contribution in [-0.4, -0.2) is 16.2 Å². The van der Waals surface area contributed by atoms with Crippen LogP contribution in [0, 0.1) is 0 Å². The molecule has 3 heterocycles. The van der Waals surface area contributed by atoms with E-state index >= 15 is 0 Å². The number of anilines is 2. The minimum atomic E-state index is -0.306. The van der Waals surface area contributed by atoms with Crippen LogP contribution in [-0.2, 0) is 27.1 Å². The van der Waals surface area contributed by atoms with Gasteiger partial charge in [-0.2, -0.15) is 0 Å². The second-order valence-electron chi connectivity index (χ2n) is 22.1. The Morgan fingerprint density at radius 2 is 1.05 bits per heavy atom. The van der Waals surface area contributed by atoms with Crippen LogP contribution >= 0.6 is 0 Å². The molecule has 0 fully saturated rings. The fourth-order valence-electron chi connectivity index (χ4n) is 8.64. The number of aromatic nitrogens is 2. The van der Waals surface area contributed by atoms with Crippen molar-refractivity contribution in [3.8, 4) is 17.3 Å². The Hall–Kier alpha value is -5.81. The Morgan fingerprint density at radius 3 is 1.69 bits per heavy atom. The van der Waals surface area contributed by atoms with Gasteiger partial charge in [0.25, 0.3) is 0 Å². The van der Waals surface area contributed by atoms with Gasteiger partial charge in [0.1, 0.15) is 17.3 Å². The van der Waals surface area contributed by atoms with Crippen molar-refractivity contribution >= 4 is 33.2 Å². The number of benzene rings is 5. The van der Waals surface area contributed by atoms with E-state index in [1.807, 2.05) is 6.20 Å². The molecule has 5 aromatic carbocycles. The number of fused-ring (bicyclic) bond motifs is 3. The SMILES string of the molecule is CC(C)(C)c1cc(Oc2ccc3c4ccccc4n(-c4cc(C(C)(C)C)ccn4)c3c2)cc(N2CN(c3cc(C(C)(C)C)cc(C(C)(C)C)c3)C=C2C(C)(C)c2ccccc2)c1. The highest BCUT2D eigenvalue weighted by molar-refractivity contribution is 6.09. The molecular weight excluding hydrogens is 757 g/mol. The van der Waals surface area contributed by atoms with Gasteiger partial charge in [0.05, 0.1) is 17.7 Å². The predicted octanol–water partition coefficient (Wildman–Crippen LogP) is 15.3. The van der Waals surface area contributed by atoms with Crippen LogP contribution in [0.3, 0.4) is 0 Å². The lowest BCUT2D eigenvalue weighted by Gasteiger charge is -2.35. The van der Waals surface area contributed by atoms with Gasteiger partial charge in [0, 0.05) is 57.8 Å². The molecule has 0 saturated heterocycles. The molecule has 5 heteroatoms. The number of nitrogens with zero attached hydrogens (tertiary/aromatic N) is 4. The lowest BCUT2D eigenvalue weighted by molar-refractivity contribution is 0.479. The van der Waals surface area contributed by atoms with Crippen LogP contribution in [0.5, 0.6) is 11.5 Å². The van der Waals surface area contributed by atoms with E-state index in [1.165, 1.54) is 50.0 Å². The van der Waals surface area contributed by atoms with Gasteiger partial charge in [-0.15, -0.1) is 0 Å². The van der Waals surface area contributed by atoms with Crippen LogP contribution in [0.4, 0.5) is 11.4 Å². The maximum atomic E-state index is 7.02. The first-order chi connectivity index (χ1) is 29.0. The Balaban J connectivity index is 1.26. The number of para-hydroxylation sites is 1. The maximum absolute atomic E-state index is 7.02. The molecule has 1 aliphatic rings. The molecule has 320 valence electrons. The monoisotopic (exact) mass is 823 g/mol. The molecular formula is C57H66N4O. The summed E-state index contributed by atoms with van der Waals surface area (Å²) in [4.78, 5) is 9.87. The van der Waals surface area contributed by atoms with Crippen LogP contribution < -0.4 is 14.5 Å². The highest BCUT2D eigenvalue weighted by atomic mass is 16.5. The fraction of sp³-hybridized carbons (Fsp3) is 0.351. The van der Waals surface area contributed by atoms with E-state index in [4.69, 9.17) is 9.72 Å². The van der Waals surface area contributed by atoms with Crippen molar-refractivity contribution in [3.63, 3.8) is 0 Å². The Labute approximate surface area is 371 Å². The molecule has 5 nitrogen and oxygen atoms in total. The quantitative estimate of drug-likeness (QED) is 0.160. The second kappa shape index (κ2) is 15.2. The molecule has 8 rings (SSSR count). The van der Waals surface area contributed by atoms with Gasteiger partial charge in [-0.3, -0.25) is 4.57 Å². The average molecular weight is 823 g/mol. The predicted molar refractivity (Wildman–Crippen MR) is 264 cm³/mol. The van der Waals surface area contributed by atoms with E-state index in [0.717, 1.165) is 34.0 Å². The first kappa shape index (κ1) is 42.9. The third-order valence-corrected chi connectivity index (χ3v) is 12.8. The fourth-order valence-corrected chi connectivity index (χ4v) is 8.64. The zero-order valence-corrected chi connectivity index (χ0v) is 39.6. The summed E-state index contributed by atoms with van der Waals surface area (Å²) in [7, 11) is 0. The number of pyridine rings is 1. The van der Waals surface area contributed by atoms with E-state index in [9.17, 15) is 0 Å². The standard InChI is InChI=1S/C57H66N4O/c1-53(2,3)39-26-27-58-52(33-39)61-49-23-19-18-22-47(49)48-25-24-45(35-50(48)61)62-46-32-42(56(10,11)12)31-44(34-46)60-37-59(36-51(60)57(13,14)38-20-16-15-17-21-38)43-29-40(54(4,5)6)28-41(30-43)55(7,8)9/h15-36H,37H2,1-14H3. The molecule has 62 heavy (non-hydrogen) atoms. The zero-order valence-electron chi connectivity index (χ0n) is 39.6. The van der Waals surface area contributed by atoms with Crippen molar-refractivity contribution in [1.82, 2.24) is 9.55 Å². The van der Waals surface area contributed by atoms with E-state index in [1.54, 1.807) is 0 Å². The Kier molecular flexibility index (Phi) is 10.5. The van der Waals surface area contributed by atoms with Gasteiger partial charge in [-0.1, -0.05) is 152 Å². The van der Waals surface area contributed by atoms with Crippen molar-refractivity contribution in [2.75, 3.05) is 16.5 Å². The van der Waals surface area contributed by atoms with Crippen LogP contribution in [0.2, 0.25) is 0 Å². The third kappa shape index (κ3) is 8.27. The normalized spacial score (nSPS) is 14.3. The number of ether oxygens (including phenoxy) is 1. The van der Waals surface area contributed by atoms with Crippen LogP contribution in [0.15, 0.2) is 139 Å². The molecule has 0 aliphatic carbocycles. The van der Waals surface area contributed by atoms with Crippen molar-refractivity contribution in [3.05, 3.63) is 167 Å². The Morgan fingerprint density at radius 1 is 0.468 bits per heavy atom. The molecule has 0 bridgehead atoms. The molecule has 1 aliphatic heterocycles. The number of rotatable bonds is 7. The van der Waals surface area contributed by atoms with Crippen LogP contribution in [0.1, 0.15) is 125 Å². The maximum Gasteiger partial charge on any atom is 0.137 e. The topological polar surface area (TPSA) is 33.5 Å². The largest absolute Gasteiger partial charge is 0.457 e. The summed E-state index contributed by atoms with van der Waals surface area (Å²) < 4.78 is 9.30. The molecule has 0 radical (unpaired) electrons. The number of hydrogen-bond donors (Lipinski definition) is 0. The van der Waals surface area contributed by atoms with Crippen LogP contribution in [0.25, 0.3) is 27.6 Å². The van der Waals surface area contributed by atoms with Crippen molar-refractivity contribution in [1.29, 1.82) is 0 Å². The Bertz CT molecular complexity index is 2780. The molecule has 0 spiro atoms. The molecule has 0 saturated carbocycles. The summed E-state index contributed by atoms with van der Waals surface area (Å²) in [5.41, 5.74) is 11.7. The van der Waals surface area contributed by atoms with Gasteiger partial charge in [0.15, 0.2) is 0 Å². The molecule has 0 unspecified atom stereocenters. The summed E-state index contributed by atoms with van der Waals surface area (Å²) in [5.74, 6) is 2.49. The lowest BCUT2D eigenvalue weighted by atomic mass is 9.80. The van der Waals surface area contributed by atoms with Gasteiger partial charge in [0.2, 0.25) is 0 Å². The van der Waals surface area contributed by atoms with E-state index in [-0.39, 0.29) is 27.1 Å². The minimum Gasteiger partial charge on any atom is -0.457 e. The van der Waals surface area contributed by atoms with E-state index in [2.05, 4.69) is 239 Å². The smallest absolute Gasteiger partial charge is 0.137 e. The molecule has 2 aromatic heterocycles. The highest BCUT2D eigenvalue weighted by Crippen LogP contribution is 2.45. The summed E-state index contributed by atoms with van der Waals surface area (Å²) >= 11 is 0. The zero-order chi connectivity index (χ0) is 44.6. The lowest BCUT2D eigenvalue weighted by Crippen LogP contribution is -2.34. The van der Waals surface area contributed by atoms with E-state index in [0.29, 0.717) is 6.67 Å². The van der Waals surface area contributed by atoms with Gasteiger partial charge < -0.3 is 14.5 Å². The van der Waals surface area contributed by atoms with Gasteiger partial charge in [-0.25, -0.2) is 4.98 Å². The molecule has 0 N–H and O–H groups in total. The number of allylic oxidation sites excluding steroid dienone is 1. The minimum absolute atomic E-state index is 0.00288. The third-order valence-electron chi connectivity index (χ3n) is 12.8. The molecule has 0 amide bonds. The molecule has 0 atom stereocenters. The molecule has 7 aromatic rings. The second-order valence-corrected chi connectivity index (χ2v) is 22.1. The first-order valence-corrected chi connectivity index (χ1v) is 22.3. The first-order valence-electron chi connectivity index (χ1n) is 22.3. The van der Waals surface area contributed by atoms with Gasteiger partial charge >= 0.3 is 0 Å². The summed E-state index contributed by atoms with van der Waals surface area (Å²) in [6, 6.07) is 44.4.